The second-order valence-electron chi connectivity index (χ2n) is 6.70. The fourth-order valence-electron chi connectivity index (χ4n) is 3.40. The zero-order chi connectivity index (χ0) is 18.1. The number of benzene rings is 1. The van der Waals surface area contributed by atoms with Crippen molar-refractivity contribution in [3.8, 4) is 17.2 Å². The summed E-state index contributed by atoms with van der Waals surface area (Å²) in [5.41, 5.74) is 0.868. The first-order valence-corrected chi connectivity index (χ1v) is 10.5. The number of sulfone groups is 1. The van der Waals surface area contributed by atoms with E-state index in [1.165, 1.54) is 6.33 Å². The summed E-state index contributed by atoms with van der Waals surface area (Å²) in [5, 5.41) is 4.33. The number of aromatic nitrogens is 3. The lowest BCUT2D eigenvalue weighted by atomic mass is 10.2. The Kier molecular flexibility index (Phi) is 4.58. The van der Waals surface area contributed by atoms with Crippen LogP contribution in [-0.4, -0.2) is 72.4 Å². The maximum atomic E-state index is 11.7. The molecule has 2 aliphatic heterocycles. The number of fused-ring (bicyclic) bond motifs is 1. The first kappa shape index (κ1) is 17.3. The van der Waals surface area contributed by atoms with Gasteiger partial charge in [0.05, 0.1) is 17.2 Å². The molecule has 3 heterocycles. The first-order chi connectivity index (χ1) is 12.5. The van der Waals surface area contributed by atoms with Gasteiger partial charge in [-0.1, -0.05) is 0 Å². The Bertz CT molecular complexity index is 896. The molecule has 140 valence electrons. The van der Waals surface area contributed by atoms with Crippen molar-refractivity contribution in [1.82, 2.24) is 19.7 Å². The third-order valence-corrected chi connectivity index (χ3v) is 6.66. The zero-order valence-electron chi connectivity index (χ0n) is 14.7. The normalized spacial score (nSPS) is 21.2. The van der Waals surface area contributed by atoms with Crippen molar-refractivity contribution in [3.05, 3.63) is 30.4 Å². The van der Waals surface area contributed by atoms with E-state index in [0.717, 1.165) is 23.8 Å². The molecule has 1 aromatic carbocycles. The highest BCUT2D eigenvalue weighted by Crippen LogP contribution is 2.32. The van der Waals surface area contributed by atoms with Crippen molar-refractivity contribution < 1.29 is 17.9 Å². The Hall–Kier alpha value is -2.13. The highest BCUT2D eigenvalue weighted by molar-refractivity contribution is 7.91. The standard InChI is InChI=1S/C17H22N4O4S/c1-20(14-5-9-26(22,23)11-14)6-4-17-18-12-19-21(17)13-2-3-15-16(10-13)25-8-7-24-15/h2-3,10,12,14H,4-9,11H2,1H3/t14-/m0/s1. The largest absolute Gasteiger partial charge is 0.486 e. The van der Waals surface area contributed by atoms with Crippen LogP contribution in [0.4, 0.5) is 0 Å². The van der Waals surface area contributed by atoms with Gasteiger partial charge in [-0.05, 0) is 25.6 Å². The van der Waals surface area contributed by atoms with Gasteiger partial charge in [-0.15, -0.1) is 0 Å². The molecule has 0 radical (unpaired) electrons. The van der Waals surface area contributed by atoms with E-state index in [2.05, 4.69) is 15.0 Å². The van der Waals surface area contributed by atoms with E-state index >= 15 is 0 Å². The van der Waals surface area contributed by atoms with Gasteiger partial charge in [0.15, 0.2) is 21.3 Å². The fourth-order valence-corrected chi connectivity index (χ4v) is 5.20. The second-order valence-corrected chi connectivity index (χ2v) is 8.93. The Morgan fingerprint density at radius 2 is 2.08 bits per heavy atom. The molecule has 0 N–H and O–H groups in total. The topological polar surface area (TPSA) is 86.6 Å². The molecule has 26 heavy (non-hydrogen) atoms. The Balaban J connectivity index is 1.46. The number of nitrogens with zero attached hydrogens (tertiary/aromatic N) is 4. The van der Waals surface area contributed by atoms with Crippen LogP contribution in [-0.2, 0) is 16.3 Å². The van der Waals surface area contributed by atoms with Gasteiger partial charge >= 0.3 is 0 Å². The molecule has 1 fully saturated rings. The Morgan fingerprint density at radius 1 is 1.27 bits per heavy atom. The van der Waals surface area contributed by atoms with Crippen LogP contribution in [0.3, 0.4) is 0 Å². The minimum Gasteiger partial charge on any atom is -0.486 e. The van der Waals surface area contributed by atoms with Gasteiger partial charge in [0.25, 0.3) is 0 Å². The van der Waals surface area contributed by atoms with Gasteiger partial charge in [-0.3, -0.25) is 0 Å². The van der Waals surface area contributed by atoms with Crippen molar-refractivity contribution in [2.24, 2.45) is 0 Å². The minimum absolute atomic E-state index is 0.0886. The zero-order valence-corrected chi connectivity index (χ0v) is 15.5. The molecule has 0 spiro atoms. The lowest BCUT2D eigenvalue weighted by Crippen LogP contribution is -2.34. The average Bonchev–Trinajstić information content (AvgIpc) is 3.25. The van der Waals surface area contributed by atoms with Crippen molar-refractivity contribution in [2.45, 2.75) is 18.9 Å². The van der Waals surface area contributed by atoms with Gasteiger partial charge in [0.2, 0.25) is 0 Å². The molecule has 4 rings (SSSR count). The minimum atomic E-state index is -2.87. The summed E-state index contributed by atoms with van der Waals surface area (Å²) < 4.78 is 36.3. The number of rotatable bonds is 5. The van der Waals surface area contributed by atoms with Gasteiger partial charge in [-0.25, -0.2) is 18.1 Å². The number of likely N-dealkylation sites (N-methyl/N-ethyl adjacent to an activating group) is 1. The Labute approximate surface area is 152 Å². The van der Waals surface area contributed by atoms with Gasteiger partial charge in [-0.2, -0.15) is 5.10 Å². The SMILES string of the molecule is CN(CCc1ncnn1-c1ccc2c(c1)OCCO2)[C@H]1CCS(=O)(=O)C1. The van der Waals surface area contributed by atoms with E-state index in [0.29, 0.717) is 31.8 Å². The predicted octanol–water partition coefficient (Wildman–Crippen LogP) is 0.700. The second kappa shape index (κ2) is 6.88. The fraction of sp³-hybridized carbons (Fsp3) is 0.529. The summed E-state index contributed by atoms with van der Waals surface area (Å²) in [5.74, 6) is 2.81. The van der Waals surface area contributed by atoms with Crippen LogP contribution in [0.15, 0.2) is 24.5 Å². The van der Waals surface area contributed by atoms with E-state index in [4.69, 9.17) is 9.47 Å². The molecule has 8 nitrogen and oxygen atoms in total. The molecule has 1 aromatic heterocycles. The van der Waals surface area contributed by atoms with Gasteiger partial charge in [0.1, 0.15) is 25.4 Å². The van der Waals surface area contributed by atoms with Crippen LogP contribution in [0.2, 0.25) is 0 Å². The summed E-state index contributed by atoms with van der Waals surface area (Å²) in [4.78, 5) is 6.47. The molecule has 0 amide bonds. The number of ether oxygens (including phenoxy) is 2. The number of hydrogen-bond donors (Lipinski definition) is 0. The summed E-state index contributed by atoms with van der Waals surface area (Å²) >= 11 is 0. The van der Waals surface area contributed by atoms with E-state index < -0.39 is 9.84 Å². The van der Waals surface area contributed by atoms with Gasteiger partial charge in [0, 0.05) is 25.1 Å². The highest BCUT2D eigenvalue weighted by atomic mass is 32.2. The summed E-state index contributed by atoms with van der Waals surface area (Å²) in [6.07, 6.45) is 2.92. The maximum absolute atomic E-state index is 11.7. The van der Waals surface area contributed by atoms with Crippen molar-refractivity contribution >= 4 is 9.84 Å². The monoisotopic (exact) mass is 378 g/mol. The predicted molar refractivity (Wildman–Crippen MR) is 95.7 cm³/mol. The highest BCUT2D eigenvalue weighted by Gasteiger charge is 2.30. The van der Waals surface area contributed by atoms with E-state index in [-0.39, 0.29) is 17.5 Å². The summed E-state index contributed by atoms with van der Waals surface area (Å²) in [6.45, 7) is 1.82. The van der Waals surface area contributed by atoms with Crippen LogP contribution in [0.1, 0.15) is 12.2 Å². The molecule has 2 aliphatic rings. The third kappa shape index (κ3) is 3.54. The van der Waals surface area contributed by atoms with E-state index in [1.54, 1.807) is 4.68 Å². The average molecular weight is 378 g/mol. The molecule has 2 aromatic rings. The summed E-state index contributed by atoms with van der Waals surface area (Å²) in [7, 11) is -0.905. The first-order valence-electron chi connectivity index (χ1n) is 8.71. The van der Waals surface area contributed by atoms with E-state index in [1.807, 2.05) is 25.2 Å². The van der Waals surface area contributed by atoms with Crippen LogP contribution < -0.4 is 9.47 Å². The van der Waals surface area contributed by atoms with Crippen molar-refractivity contribution in [2.75, 3.05) is 38.3 Å². The van der Waals surface area contributed by atoms with Crippen LogP contribution in [0.25, 0.3) is 5.69 Å². The number of hydrogen-bond acceptors (Lipinski definition) is 7. The molecule has 0 aliphatic carbocycles. The summed E-state index contributed by atoms with van der Waals surface area (Å²) in [6, 6.07) is 5.80. The molecule has 1 atom stereocenters. The molecule has 0 unspecified atom stereocenters. The maximum Gasteiger partial charge on any atom is 0.163 e. The lowest BCUT2D eigenvalue weighted by Gasteiger charge is -2.23. The van der Waals surface area contributed by atoms with Crippen molar-refractivity contribution in [3.63, 3.8) is 0 Å². The Morgan fingerprint density at radius 3 is 2.85 bits per heavy atom. The van der Waals surface area contributed by atoms with E-state index in [9.17, 15) is 8.42 Å². The van der Waals surface area contributed by atoms with Crippen LogP contribution in [0.5, 0.6) is 11.5 Å². The third-order valence-electron chi connectivity index (χ3n) is 4.91. The quantitative estimate of drug-likeness (QED) is 0.757. The van der Waals surface area contributed by atoms with Gasteiger partial charge < -0.3 is 14.4 Å². The smallest absolute Gasteiger partial charge is 0.163 e. The van der Waals surface area contributed by atoms with Crippen molar-refractivity contribution in [1.29, 1.82) is 0 Å². The van der Waals surface area contributed by atoms with Crippen LogP contribution >= 0.6 is 0 Å². The molecular formula is C17H22N4O4S. The molecule has 0 saturated carbocycles. The lowest BCUT2D eigenvalue weighted by molar-refractivity contribution is 0.171. The van der Waals surface area contributed by atoms with Crippen LogP contribution in [0, 0.1) is 0 Å². The molecule has 1 saturated heterocycles. The molecule has 0 bridgehead atoms. The molecule has 9 heteroatoms. The molecular weight excluding hydrogens is 356 g/mol.